The zero-order chi connectivity index (χ0) is 8.39. The first-order valence-electron chi connectivity index (χ1n) is 4.20. The van der Waals surface area contributed by atoms with Crippen molar-refractivity contribution < 1.29 is 0 Å². The molecule has 1 saturated heterocycles. The Bertz CT molecular complexity index is 269. The van der Waals surface area contributed by atoms with Crippen LogP contribution in [-0.4, -0.2) is 11.5 Å². The van der Waals surface area contributed by atoms with E-state index >= 15 is 0 Å². The number of nitrogens with one attached hydrogen (secondary N) is 1. The predicted octanol–water partition coefficient (Wildman–Crippen LogP) is 2.16. The molecule has 1 N–H and O–H groups in total. The molecule has 0 bridgehead atoms. The number of hydrogen-bond donors (Lipinski definition) is 1. The second kappa shape index (κ2) is 3.42. The zero-order valence-electron chi connectivity index (χ0n) is 6.76. The van der Waals surface area contributed by atoms with Crippen molar-refractivity contribution in [1.82, 2.24) is 10.3 Å². The van der Waals surface area contributed by atoms with E-state index in [1.54, 1.807) is 6.20 Å². The van der Waals surface area contributed by atoms with Crippen LogP contribution in [0.1, 0.15) is 24.4 Å². The number of rotatable bonds is 1. The molecule has 0 radical (unpaired) electrons. The van der Waals surface area contributed by atoms with Crippen LogP contribution in [-0.2, 0) is 0 Å². The van der Waals surface area contributed by atoms with Gasteiger partial charge >= 0.3 is 0 Å². The maximum atomic E-state index is 5.83. The van der Waals surface area contributed by atoms with Crippen molar-refractivity contribution >= 4 is 11.6 Å². The van der Waals surface area contributed by atoms with Crippen molar-refractivity contribution in [3.05, 3.63) is 29.0 Å². The molecule has 2 heterocycles. The molecule has 12 heavy (non-hydrogen) atoms. The molecule has 2 nitrogen and oxygen atoms in total. The summed E-state index contributed by atoms with van der Waals surface area (Å²) in [5, 5.41) is 4.12. The van der Waals surface area contributed by atoms with Gasteiger partial charge < -0.3 is 5.32 Å². The highest BCUT2D eigenvalue weighted by Gasteiger charge is 2.15. The number of pyridine rings is 1. The highest BCUT2D eigenvalue weighted by atomic mass is 35.5. The minimum Gasteiger partial charge on any atom is -0.310 e. The van der Waals surface area contributed by atoms with Crippen LogP contribution in [0.5, 0.6) is 0 Å². The van der Waals surface area contributed by atoms with E-state index in [1.807, 2.05) is 12.3 Å². The van der Waals surface area contributed by atoms with E-state index in [2.05, 4.69) is 10.3 Å². The molecule has 0 amide bonds. The zero-order valence-corrected chi connectivity index (χ0v) is 7.51. The summed E-state index contributed by atoms with van der Waals surface area (Å²) in [5.74, 6) is 0. The largest absolute Gasteiger partial charge is 0.310 e. The Morgan fingerprint density at radius 3 is 3.08 bits per heavy atom. The summed E-state index contributed by atoms with van der Waals surface area (Å²) in [4.78, 5) is 4.06. The molecule has 3 heteroatoms. The van der Waals surface area contributed by atoms with Crippen LogP contribution in [0.4, 0.5) is 0 Å². The van der Waals surface area contributed by atoms with Crippen molar-refractivity contribution in [3.8, 4) is 0 Å². The molecule has 0 aliphatic carbocycles. The second-order valence-corrected chi connectivity index (χ2v) is 3.52. The van der Waals surface area contributed by atoms with Crippen molar-refractivity contribution in [2.45, 2.75) is 18.9 Å². The van der Waals surface area contributed by atoms with Crippen LogP contribution in [0.15, 0.2) is 18.5 Å². The normalized spacial score (nSPS) is 22.9. The van der Waals surface area contributed by atoms with Gasteiger partial charge in [-0.15, -0.1) is 0 Å². The van der Waals surface area contributed by atoms with E-state index in [4.69, 9.17) is 11.6 Å². The van der Waals surface area contributed by atoms with Gasteiger partial charge in [-0.3, -0.25) is 4.98 Å². The van der Waals surface area contributed by atoms with E-state index in [9.17, 15) is 0 Å². The lowest BCUT2D eigenvalue weighted by Gasteiger charge is -2.09. The van der Waals surface area contributed by atoms with Gasteiger partial charge in [0.1, 0.15) is 0 Å². The molecular formula is C9H11ClN2. The fraction of sp³-hybridized carbons (Fsp3) is 0.444. The lowest BCUT2D eigenvalue weighted by Crippen LogP contribution is -2.12. The van der Waals surface area contributed by atoms with Crippen LogP contribution in [0.2, 0.25) is 5.02 Å². The van der Waals surface area contributed by atoms with Crippen LogP contribution in [0.25, 0.3) is 0 Å². The third kappa shape index (κ3) is 1.59. The van der Waals surface area contributed by atoms with E-state index in [0.717, 1.165) is 11.6 Å². The van der Waals surface area contributed by atoms with Gasteiger partial charge in [-0.05, 0) is 31.0 Å². The van der Waals surface area contributed by atoms with Crippen LogP contribution >= 0.6 is 11.6 Å². The fourth-order valence-corrected chi connectivity index (χ4v) is 1.77. The summed E-state index contributed by atoms with van der Waals surface area (Å²) in [5.41, 5.74) is 1.21. The topological polar surface area (TPSA) is 24.9 Å². The molecule has 2 rings (SSSR count). The molecule has 1 aliphatic rings. The van der Waals surface area contributed by atoms with E-state index in [1.165, 1.54) is 18.4 Å². The highest BCUT2D eigenvalue weighted by Crippen LogP contribution is 2.23. The van der Waals surface area contributed by atoms with E-state index in [-0.39, 0.29) is 0 Å². The number of nitrogens with zero attached hydrogens (tertiary/aromatic N) is 1. The van der Waals surface area contributed by atoms with Crippen molar-refractivity contribution in [1.29, 1.82) is 0 Å². The molecule has 0 saturated carbocycles. The van der Waals surface area contributed by atoms with Crippen LogP contribution in [0, 0.1) is 0 Å². The fourth-order valence-electron chi connectivity index (χ4n) is 1.59. The molecule has 1 aliphatic heterocycles. The molecule has 1 unspecified atom stereocenters. The average Bonchev–Trinajstić information content (AvgIpc) is 2.56. The number of halogens is 1. The SMILES string of the molecule is Clc1cncc(C2CCCN2)c1. The molecule has 1 fully saturated rings. The lowest BCUT2D eigenvalue weighted by molar-refractivity contribution is 0.645. The Morgan fingerprint density at radius 2 is 2.42 bits per heavy atom. The summed E-state index contributed by atoms with van der Waals surface area (Å²) in [6.07, 6.45) is 5.99. The third-order valence-electron chi connectivity index (χ3n) is 2.19. The second-order valence-electron chi connectivity index (χ2n) is 3.09. The van der Waals surface area contributed by atoms with Crippen LogP contribution in [0.3, 0.4) is 0 Å². The van der Waals surface area contributed by atoms with Gasteiger partial charge in [-0.1, -0.05) is 11.6 Å². The predicted molar refractivity (Wildman–Crippen MR) is 49.2 cm³/mol. The Morgan fingerprint density at radius 1 is 1.50 bits per heavy atom. The third-order valence-corrected chi connectivity index (χ3v) is 2.40. The van der Waals surface area contributed by atoms with Gasteiger partial charge in [0.2, 0.25) is 0 Å². The molecule has 0 aromatic carbocycles. The monoisotopic (exact) mass is 182 g/mol. The number of aromatic nitrogens is 1. The van der Waals surface area contributed by atoms with Crippen molar-refractivity contribution in [3.63, 3.8) is 0 Å². The maximum Gasteiger partial charge on any atom is 0.0592 e. The Hall–Kier alpha value is -0.600. The van der Waals surface area contributed by atoms with Gasteiger partial charge in [-0.2, -0.15) is 0 Å². The molecule has 1 aromatic heterocycles. The summed E-state index contributed by atoms with van der Waals surface area (Å²) in [6.45, 7) is 1.11. The summed E-state index contributed by atoms with van der Waals surface area (Å²) in [6, 6.07) is 2.45. The van der Waals surface area contributed by atoms with Gasteiger partial charge in [0.15, 0.2) is 0 Å². The lowest BCUT2D eigenvalue weighted by atomic mass is 10.1. The van der Waals surface area contributed by atoms with Gasteiger partial charge in [0, 0.05) is 18.4 Å². The quantitative estimate of drug-likeness (QED) is 0.720. The van der Waals surface area contributed by atoms with E-state index < -0.39 is 0 Å². The highest BCUT2D eigenvalue weighted by molar-refractivity contribution is 6.30. The Balaban J connectivity index is 2.21. The standard InChI is InChI=1S/C9H11ClN2/c10-8-4-7(5-11-6-8)9-2-1-3-12-9/h4-6,9,12H,1-3H2. The maximum absolute atomic E-state index is 5.83. The average molecular weight is 183 g/mol. The first-order chi connectivity index (χ1) is 5.86. The van der Waals surface area contributed by atoms with Gasteiger partial charge in [-0.25, -0.2) is 0 Å². The summed E-state index contributed by atoms with van der Waals surface area (Å²) < 4.78 is 0. The Kier molecular flexibility index (Phi) is 2.28. The summed E-state index contributed by atoms with van der Waals surface area (Å²) in [7, 11) is 0. The van der Waals surface area contributed by atoms with Crippen molar-refractivity contribution in [2.24, 2.45) is 0 Å². The molecule has 1 atom stereocenters. The minimum absolute atomic E-state index is 0.469. The minimum atomic E-state index is 0.469. The van der Waals surface area contributed by atoms with E-state index in [0.29, 0.717) is 6.04 Å². The van der Waals surface area contributed by atoms with Crippen molar-refractivity contribution in [2.75, 3.05) is 6.54 Å². The molecule has 64 valence electrons. The first-order valence-corrected chi connectivity index (χ1v) is 4.58. The molecule has 0 spiro atoms. The first kappa shape index (κ1) is 8.02. The summed E-state index contributed by atoms with van der Waals surface area (Å²) >= 11 is 5.83. The Labute approximate surface area is 77.0 Å². The number of hydrogen-bond acceptors (Lipinski definition) is 2. The van der Waals surface area contributed by atoms with Gasteiger partial charge in [0.25, 0.3) is 0 Å². The smallest absolute Gasteiger partial charge is 0.0592 e. The molecule has 1 aromatic rings. The van der Waals surface area contributed by atoms with Gasteiger partial charge in [0.05, 0.1) is 5.02 Å². The molecular weight excluding hydrogens is 172 g/mol. The van der Waals surface area contributed by atoms with Crippen LogP contribution < -0.4 is 5.32 Å².